The van der Waals surface area contributed by atoms with Gasteiger partial charge in [-0.2, -0.15) is 0 Å². The molecule has 0 amide bonds. The molecule has 0 atom stereocenters. The minimum absolute atomic E-state index is 0.443. The molecule has 0 spiro atoms. The van der Waals surface area contributed by atoms with E-state index in [-0.39, 0.29) is 0 Å². The summed E-state index contributed by atoms with van der Waals surface area (Å²) < 4.78 is 5.19. The van der Waals surface area contributed by atoms with Gasteiger partial charge in [0.15, 0.2) is 0 Å². The van der Waals surface area contributed by atoms with Crippen LogP contribution in [0.4, 0.5) is 0 Å². The van der Waals surface area contributed by atoms with Crippen LogP contribution in [0.1, 0.15) is 11.1 Å². The molecule has 0 heterocycles. The molecule has 4 heteroatoms. The van der Waals surface area contributed by atoms with E-state index in [1.54, 1.807) is 36.4 Å². The van der Waals surface area contributed by atoms with E-state index in [9.17, 15) is 4.79 Å². The molecule has 102 valence electrons. The minimum atomic E-state index is -0.443. The Labute approximate surface area is 127 Å². The zero-order valence-corrected chi connectivity index (χ0v) is 12.3. The van der Waals surface area contributed by atoms with E-state index >= 15 is 0 Å². The molecule has 2 aromatic carbocycles. The summed E-state index contributed by atoms with van der Waals surface area (Å²) in [5.41, 5.74) is 1.81. The molecular weight excluding hydrogens is 295 g/mol. The number of aryl methyl sites for hydroxylation is 1. The maximum atomic E-state index is 11.7. The Morgan fingerprint density at radius 3 is 2.60 bits per heavy atom. The number of carbonyl (C=O) groups excluding carboxylic acids is 1. The first-order valence-corrected chi connectivity index (χ1v) is 6.72. The van der Waals surface area contributed by atoms with Crippen molar-refractivity contribution in [1.82, 2.24) is 0 Å². The molecule has 0 aliphatic heterocycles. The van der Waals surface area contributed by atoms with Crippen molar-refractivity contribution in [2.75, 3.05) is 0 Å². The van der Waals surface area contributed by atoms with Gasteiger partial charge in [0, 0.05) is 6.08 Å². The van der Waals surface area contributed by atoms with Crippen molar-refractivity contribution in [2.24, 2.45) is 0 Å². The van der Waals surface area contributed by atoms with E-state index in [4.69, 9.17) is 27.9 Å². The fraction of sp³-hybridized carbons (Fsp3) is 0.0625. The Kier molecular flexibility index (Phi) is 4.83. The molecule has 2 nitrogen and oxygen atoms in total. The maximum absolute atomic E-state index is 11.7. The lowest BCUT2D eigenvalue weighted by Gasteiger charge is -2.02. The third kappa shape index (κ3) is 4.12. The number of halogens is 2. The minimum Gasteiger partial charge on any atom is -0.423 e. The average Bonchev–Trinajstić information content (AvgIpc) is 2.40. The van der Waals surface area contributed by atoms with Crippen LogP contribution in [-0.2, 0) is 4.79 Å². The Balaban J connectivity index is 2.03. The molecule has 2 rings (SSSR count). The second-order valence-corrected chi connectivity index (χ2v) is 5.06. The van der Waals surface area contributed by atoms with E-state index in [2.05, 4.69) is 0 Å². The lowest BCUT2D eigenvalue weighted by Crippen LogP contribution is -2.03. The number of ether oxygens (including phenoxy) is 1. The molecule has 0 radical (unpaired) electrons. The van der Waals surface area contributed by atoms with Gasteiger partial charge in [-0.1, -0.05) is 41.4 Å². The number of benzene rings is 2. The Morgan fingerprint density at radius 2 is 1.90 bits per heavy atom. The second kappa shape index (κ2) is 6.60. The number of rotatable bonds is 3. The third-order valence-electron chi connectivity index (χ3n) is 2.56. The Morgan fingerprint density at radius 1 is 1.10 bits per heavy atom. The van der Waals surface area contributed by atoms with Crippen LogP contribution in [-0.4, -0.2) is 5.97 Å². The highest BCUT2D eigenvalue weighted by Gasteiger charge is 2.01. The number of carbonyl (C=O) groups is 1. The van der Waals surface area contributed by atoms with Crippen LogP contribution in [0.5, 0.6) is 5.75 Å². The fourth-order valence-corrected chi connectivity index (χ4v) is 1.92. The molecule has 2 aromatic rings. The highest BCUT2D eigenvalue weighted by Crippen LogP contribution is 2.23. The maximum Gasteiger partial charge on any atom is 0.336 e. The lowest BCUT2D eigenvalue weighted by molar-refractivity contribution is -0.128. The van der Waals surface area contributed by atoms with Crippen molar-refractivity contribution < 1.29 is 9.53 Å². The fourth-order valence-electron chi connectivity index (χ4n) is 1.61. The van der Waals surface area contributed by atoms with Gasteiger partial charge in [0.05, 0.1) is 10.0 Å². The summed E-state index contributed by atoms with van der Waals surface area (Å²) in [5.74, 6) is 0.0791. The van der Waals surface area contributed by atoms with Gasteiger partial charge >= 0.3 is 5.97 Å². The molecule has 0 saturated heterocycles. The zero-order chi connectivity index (χ0) is 14.5. The van der Waals surface area contributed by atoms with E-state index in [0.29, 0.717) is 15.8 Å². The molecule has 20 heavy (non-hydrogen) atoms. The van der Waals surface area contributed by atoms with Gasteiger partial charge in [-0.3, -0.25) is 0 Å². The molecule has 0 N–H and O–H groups in total. The molecule has 0 aliphatic carbocycles. The summed E-state index contributed by atoms with van der Waals surface area (Å²) in [6, 6.07) is 12.4. The largest absolute Gasteiger partial charge is 0.423 e. The number of esters is 1. The molecule has 0 aromatic heterocycles. The van der Waals surface area contributed by atoms with Crippen molar-refractivity contribution >= 4 is 35.2 Å². The number of hydrogen-bond acceptors (Lipinski definition) is 2. The van der Waals surface area contributed by atoms with Crippen LogP contribution >= 0.6 is 23.2 Å². The van der Waals surface area contributed by atoms with Gasteiger partial charge in [-0.15, -0.1) is 0 Å². The second-order valence-electron chi connectivity index (χ2n) is 4.24. The zero-order valence-electron chi connectivity index (χ0n) is 10.8. The average molecular weight is 307 g/mol. The van der Waals surface area contributed by atoms with E-state index < -0.39 is 5.97 Å². The quantitative estimate of drug-likeness (QED) is 0.457. The summed E-state index contributed by atoms with van der Waals surface area (Å²) >= 11 is 11.7. The van der Waals surface area contributed by atoms with Crippen LogP contribution in [0.15, 0.2) is 48.5 Å². The summed E-state index contributed by atoms with van der Waals surface area (Å²) in [7, 11) is 0. The van der Waals surface area contributed by atoms with Crippen LogP contribution in [0.3, 0.4) is 0 Å². The summed E-state index contributed by atoms with van der Waals surface area (Å²) in [6.07, 6.45) is 2.97. The van der Waals surface area contributed by atoms with Gasteiger partial charge in [0.25, 0.3) is 0 Å². The van der Waals surface area contributed by atoms with Gasteiger partial charge in [-0.25, -0.2) is 4.79 Å². The van der Waals surface area contributed by atoms with Gasteiger partial charge in [0.2, 0.25) is 0 Å². The summed E-state index contributed by atoms with van der Waals surface area (Å²) in [6.45, 7) is 1.93. The Bertz CT molecular complexity index is 663. The number of hydrogen-bond donors (Lipinski definition) is 0. The predicted octanol–water partition coefficient (Wildman–Crippen LogP) is 4.92. The van der Waals surface area contributed by atoms with Crippen molar-refractivity contribution in [1.29, 1.82) is 0 Å². The van der Waals surface area contributed by atoms with E-state index in [1.807, 2.05) is 19.1 Å². The SMILES string of the molecule is Cc1cccc(OC(=O)/C=C/c2ccc(Cl)c(Cl)c2)c1. The topological polar surface area (TPSA) is 26.3 Å². The smallest absolute Gasteiger partial charge is 0.336 e. The van der Waals surface area contributed by atoms with Crippen LogP contribution in [0, 0.1) is 6.92 Å². The first-order chi connectivity index (χ1) is 9.54. The molecule has 0 aliphatic rings. The van der Waals surface area contributed by atoms with Gasteiger partial charge in [0.1, 0.15) is 5.75 Å². The van der Waals surface area contributed by atoms with Crippen LogP contribution in [0.25, 0.3) is 6.08 Å². The highest BCUT2D eigenvalue weighted by atomic mass is 35.5. The molecule has 0 saturated carbocycles. The van der Waals surface area contributed by atoms with Crippen molar-refractivity contribution in [3.05, 3.63) is 69.7 Å². The first kappa shape index (κ1) is 14.6. The van der Waals surface area contributed by atoms with Crippen molar-refractivity contribution in [3.63, 3.8) is 0 Å². The van der Waals surface area contributed by atoms with Crippen molar-refractivity contribution in [3.8, 4) is 5.75 Å². The third-order valence-corrected chi connectivity index (χ3v) is 3.30. The standard InChI is InChI=1S/C16H12Cl2O2/c1-11-3-2-4-13(9-11)20-16(19)8-6-12-5-7-14(17)15(18)10-12/h2-10H,1H3/b8-6+. The van der Waals surface area contributed by atoms with E-state index in [1.165, 1.54) is 6.08 Å². The first-order valence-electron chi connectivity index (χ1n) is 5.96. The predicted molar refractivity (Wildman–Crippen MR) is 82.3 cm³/mol. The van der Waals surface area contributed by atoms with Crippen molar-refractivity contribution in [2.45, 2.75) is 6.92 Å². The molecular formula is C16H12Cl2O2. The highest BCUT2D eigenvalue weighted by molar-refractivity contribution is 6.42. The Hall–Kier alpha value is -1.77. The summed E-state index contributed by atoms with van der Waals surface area (Å²) in [5, 5.41) is 0.923. The lowest BCUT2D eigenvalue weighted by atomic mass is 10.2. The molecule has 0 unspecified atom stereocenters. The monoisotopic (exact) mass is 306 g/mol. The van der Waals surface area contributed by atoms with Gasteiger partial charge in [-0.05, 0) is 48.4 Å². The van der Waals surface area contributed by atoms with Crippen LogP contribution < -0.4 is 4.74 Å². The van der Waals surface area contributed by atoms with Gasteiger partial charge < -0.3 is 4.74 Å². The molecule has 0 fully saturated rings. The van der Waals surface area contributed by atoms with E-state index in [0.717, 1.165) is 11.1 Å². The normalized spacial score (nSPS) is 10.8. The summed E-state index contributed by atoms with van der Waals surface area (Å²) in [4.78, 5) is 11.7. The molecule has 0 bridgehead atoms. The van der Waals surface area contributed by atoms with Crippen LogP contribution in [0.2, 0.25) is 10.0 Å².